The van der Waals surface area contributed by atoms with Gasteiger partial charge in [0.1, 0.15) is 17.4 Å². The van der Waals surface area contributed by atoms with Crippen LogP contribution in [0.25, 0.3) is 0 Å². The van der Waals surface area contributed by atoms with E-state index in [-0.39, 0.29) is 5.84 Å². The van der Waals surface area contributed by atoms with Crippen LogP contribution in [0.5, 0.6) is 5.75 Å². The summed E-state index contributed by atoms with van der Waals surface area (Å²) in [6.45, 7) is 2.73. The Hall–Kier alpha value is -2.30. The van der Waals surface area contributed by atoms with E-state index in [4.69, 9.17) is 15.9 Å². The van der Waals surface area contributed by atoms with Crippen LogP contribution in [-0.4, -0.2) is 22.5 Å². The van der Waals surface area contributed by atoms with Gasteiger partial charge in [0.05, 0.1) is 13.7 Å². The number of rotatable bonds is 5. The minimum Gasteiger partial charge on any atom is -0.496 e. The minimum atomic E-state index is 0.0604. The first-order chi connectivity index (χ1) is 9.15. The molecule has 2 aromatic rings. The molecule has 5 heteroatoms. The summed E-state index contributed by atoms with van der Waals surface area (Å²) in [6.07, 6.45) is 4.61. The van der Waals surface area contributed by atoms with Crippen LogP contribution >= 0.6 is 0 Å². The SMILES string of the molecule is CCc1nccn1Cc1cc(C(=N)N)ccc1OC. The molecule has 0 fully saturated rings. The number of benzene rings is 1. The van der Waals surface area contributed by atoms with Gasteiger partial charge >= 0.3 is 0 Å². The molecule has 0 aliphatic rings. The Morgan fingerprint density at radius 1 is 1.47 bits per heavy atom. The molecular formula is C14H18N4O. The molecule has 0 saturated carbocycles. The summed E-state index contributed by atoms with van der Waals surface area (Å²) in [5.74, 6) is 1.88. The number of aryl methyl sites for hydroxylation is 1. The molecule has 0 aliphatic heterocycles. The van der Waals surface area contributed by atoms with E-state index in [1.807, 2.05) is 18.3 Å². The Balaban J connectivity index is 2.37. The average molecular weight is 258 g/mol. The third kappa shape index (κ3) is 2.76. The molecule has 0 bridgehead atoms. The Morgan fingerprint density at radius 3 is 2.89 bits per heavy atom. The molecule has 1 aromatic heterocycles. The number of imidazole rings is 1. The fraction of sp³-hybridized carbons (Fsp3) is 0.286. The van der Waals surface area contributed by atoms with Gasteiger partial charge in [-0.05, 0) is 18.2 Å². The number of hydrogen-bond acceptors (Lipinski definition) is 3. The molecule has 19 heavy (non-hydrogen) atoms. The molecule has 100 valence electrons. The number of nitrogens with zero attached hydrogens (tertiary/aromatic N) is 2. The largest absolute Gasteiger partial charge is 0.496 e. The third-order valence-electron chi connectivity index (χ3n) is 3.05. The normalized spacial score (nSPS) is 10.4. The Kier molecular flexibility index (Phi) is 3.85. The van der Waals surface area contributed by atoms with Crippen LogP contribution in [0.2, 0.25) is 0 Å². The van der Waals surface area contributed by atoms with E-state index in [0.717, 1.165) is 23.6 Å². The standard InChI is InChI=1S/C14H18N4O/c1-3-13-17-6-7-18(13)9-11-8-10(14(15)16)4-5-12(11)19-2/h4-8H,3,9H2,1-2H3,(H3,15,16). The van der Waals surface area contributed by atoms with E-state index in [1.165, 1.54) is 0 Å². The van der Waals surface area contributed by atoms with Crippen molar-refractivity contribution >= 4 is 5.84 Å². The lowest BCUT2D eigenvalue weighted by Crippen LogP contribution is -2.12. The zero-order valence-electron chi connectivity index (χ0n) is 11.2. The molecule has 0 atom stereocenters. The van der Waals surface area contributed by atoms with Crippen molar-refractivity contribution in [2.75, 3.05) is 7.11 Å². The second-order valence-corrected chi connectivity index (χ2v) is 4.27. The van der Waals surface area contributed by atoms with E-state index in [9.17, 15) is 0 Å². The number of amidine groups is 1. The first-order valence-corrected chi connectivity index (χ1v) is 6.17. The van der Waals surface area contributed by atoms with Crippen molar-refractivity contribution in [2.45, 2.75) is 19.9 Å². The molecule has 0 unspecified atom stereocenters. The fourth-order valence-electron chi connectivity index (χ4n) is 2.05. The summed E-state index contributed by atoms with van der Waals surface area (Å²) in [5.41, 5.74) is 7.22. The van der Waals surface area contributed by atoms with Gasteiger partial charge in [0.25, 0.3) is 0 Å². The monoisotopic (exact) mass is 258 g/mol. The summed E-state index contributed by atoms with van der Waals surface area (Å²) in [5, 5.41) is 7.51. The van der Waals surface area contributed by atoms with Crippen molar-refractivity contribution < 1.29 is 4.74 Å². The first-order valence-electron chi connectivity index (χ1n) is 6.17. The lowest BCUT2D eigenvalue weighted by molar-refractivity contribution is 0.408. The number of nitrogens with one attached hydrogen (secondary N) is 1. The van der Waals surface area contributed by atoms with Crippen molar-refractivity contribution in [1.82, 2.24) is 9.55 Å². The van der Waals surface area contributed by atoms with Crippen LogP contribution in [0.3, 0.4) is 0 Å². The summed E-state index contributed by atoms with van der Waals surface area (Å²) in [4.78, 5) is 4.30. The number of nitrogens with two attached hydrogens (primary N) is 1. The lowest BCUT2D eigenvalue weighted by Gasteiger charge is -2.12. The molecule has 1 heterocycles. The predicted octanol–water partition coefficient (Wildman–Crippen LogP) is 1.79. The molecule has 0 aliphatic carbocycles. The van der Waals surface area contributed by atoms with Crippen LogP contribution in [0, 0.1) is 5.41 Å². The van der Waals surface area contributed by atoms with Crippen LogP contribution in [0.4, 0.5) is 0 Å². The lowest BCUT2D eigenvalue weighted by atomic mass is 10.1. The van der Waals surface area contributed by atoms with Crippen LogP contribution in [0.15, 0.2) is 30.6 Å². The number of hydrogen-bond donors (Lipinski definition) is 2. The van der Waals surface area contributed by atoms with Gasteiger partial charge in [0.2, 0.25) is 0 Å². The zero-order valence-corrected chi connectivity index (χ0v) is 11.2. The maximum Gasteiger partial charge on any atom is 0.123 e. The maximum absolute atomic E-state index is 7.51. The van der Waals surface area contributed by atoms with Crippen LogP contribution in [-0.2, 0) is 13.0 Å². The molecule has 1 aromatic carbocycles. The molecule has 5 nitrogen and oxygen atoms in total. The van der Waals surface area contributed by atoms with Gasteiger partial charge in [-0.3, -0.25) is 5.41 Å². The van der Waals surface area contributed by atoms with Crippen molar-refractivity contribution in [3.8, 4) is 5.75 Å². The molecule has 0 spiro atoms. The minimum absolute atomic E-state index is 0.0604. The van der Waals surface area contributed by atoms with E-state index in [1.54, 1.807) is 19.4 Å². The topological polar surface area (TPSA) is 76.9 Å². The van der Waals surface area contributed by atoms with Gasteiger partial charge in [-0.15, -0.1) is 0 Å². The van der Waals surface area contributed by atoms with E-state index >= 15 is 0 Å². The number of methoxy groups -OCH3 is 1. The summed E-state index contributed by atoms with van der Waals surface area (Å²) in [7, 11) is 1.64. The highest BCUT2D eigenvalue weighted by Gasteiger charge is 2.08. The van der Waals surface area contributed by atoms with Gasteiger partial charge in [-0.1, -0.05) is 6.92 Å². The quantitative estimate of drug-likeness (QED) is 0.634. The first kappa shape index (κ1) is 13.1. The Labute approximate surface area is 112 Å². The van der Waals surface area contributed by atoms with Crippen LogP contribution < -0.4 is 10.5 Å². The van der Waals surface area contributed by atoms with E-state index in [2.05, 4.69) is 16.5 Å². The third-order valence-corrected chi connectivity index (χ3v) is 3.05. The van der Waals surface area contributed by atoms with Crippen molar-refractivity contribution in [1.29, 1.82) is 5.41 Å². The van der Waals surface area contributed by atoms with Crippen molar-refractivity contribution in [3.63, 3.8) is 0 Å². The second-order valence-electron chi connectivity index (χ2n) is 4.27. The second kappa shape index (κ2) is 5.56. The summed E-state index contributed by atoms with van der Waals surface area (Å²) in [6, 6.07) is 5.52. The molecule has 0 amide bonds. The molecule has 0 radical (unpaired) electrons. The van der Waals surface area contributed by atoms with Gasteiger partial charge in [0, 0.05) is 29.9 Å². The Bertz CT molecular complexity index is 589. The molecule has 3 N–H and O–H groups in total. The Morgan fingerprint density at radius 2 is 2.26 bits per heavy atom. The van der Waals surface area contributed by atoms with E-state index < -0.39 is 0 Å². The highest BCUT2D eigenvalue weighted by Crippen LogP contribution is 2.21. The molecule has 2 rings (SSSR count). The van der Waals surface area contributed by atoms with Crippen molar-refractivity contribution in [2.24, 2.45) is 5.73 Å². The highest BCUT2D eigenvalue weighted by atomic mass is 16.5. The molecular weight excluding hydrogens is 240 g/mol. The zero-order chi connectivity index (χ0) is 13.8. The number of ether oxygens (including phenoxy) is 1. The van der Waals surface area contributed by atoms with Crippen LogP contribution in [0.1, 0.15) is 23.9 Å². The van der Waals surface area contributed by atoms with Gasteiger partial charge < -0.3 is 15.0 Å². The van der Waals surface area contributed by atoms with E-state index in [0.29, 0.717) is 12.1 Å². The summed E-state index contributed by atoms with van der Waals surface area (Å²) >= 11 is 0. The smallest absolute Gasteiger partial charge is 0.123 e. The maximum atomic E-state index is 7.51. The fourth-order valence-corrected chi connectivity index (χ4v) is 2.05. The predicted molar refractivity (Wildman–Crippen MR) is 74.7 cm³/mol. The van der Waals surface area contributed by atoms with Gasteiger partial charge in [-0.2, -0.15) is 0 Å². The average Bonchev–Trinajstić information content (AvgIpc) is 2.85. The van der Waals surface area contributed by atoms with Gasteiger partial charge in [-0.25, -0.2) is 4.98 Å². The number of nitrogen functional groups attached to an aromatic ring is 1. The summed E-state index contributed by atoms with van der Waals surface area (Å²) < 4.78 is 7.43. The molecule has 0 saturated heterocycles. The number of aromatic nitrogens is 2. The van der Waals surface area contributed by atoms with Gasteiger partial charge in [0.15, 0.2) is 0 Å². The highest BCUT2D eigenvalue weighted by molar-refractivity contribution is 5.95. The van der Waals surface area contributed by atoms with Crippen molar-refractivity contribution in [3.05, 3.63) is 47.5 Å².